The number of pyridine rings is 1. The molecule has 5 N–H and O–H groups in total. The van der Waals surface area contributed by atoms with Gasteiger partial charge in [-0.05, 0) is 71.7 Å². The number of carbonyl (C=O) groups is 5. The number of hydrogen-bond acceptors (Lipinski definition) is 9. The van der Waals surface area contributed by atoms with Gasteiger partial charge in [0, 0.05) is 53.2 Å². The highest BCUT2D eigenvalue weighted by molar-refractivity contribution is 8.00. The van der Waals surface area contributed by atoms with Gasteiger partial charge in [-0.15, -0.1) is 23.5 Å². The second-order valence-corrected chi connectivity index (χ2v) is 14.9. The molecule has 3 aliphatic rings. The largest absolute Gasteiger partial charge is 0.508 e. The zero-order valence-corrected chi connectivity index (χ0v) is 30.2. The van der Waals surface area contributed by atoms with Crippen LogP contribution in [0.25, 0.3) is 0 Å². The number of carbonyl (C=O) groups excluding carboxylic acids is 4. The molecule has 2 saturated heterocycles. The number of nitrogens with zero attached hydrogens (tertiary/aromatic N) is 2. The second kappa shape index (κ2) is 15.6. The maximum Gasteiger partial charge on any atom is 0.352 e. The summed E-state index contributed by atoms with van der Waals surface area (Å²) in [4.78, 5) is 72.1. The predicted octanol–water partition coefficient (Wildman–Crippen LogP) is 5.21. The van der Waals surface area contributed by atoms with Crippen LogP contribution in [-0.2, 0) is 24.0 Å². The third kappa shape index (κ3) is 7.85. The molecule has 0 saturated carbocycles. The molecule has 3 aromatic rings. The molecule has 4 heterocycles. The highest BCUT2D eigenvalue weighted by Crippen LogP contribution is 2.47. The van der Waals surface area contributed by atoms with Crippen LogP contribution in [0.15, 0.2) is 88.2 Å². The molecule has 4 amide bonds. The number of aromatic hydroxyl groups is 1. The van der Waals surface area contributed by atoms with Crippen molar-refractivity contribution in [3.8, 4) is 5.75 Å². The van der Waals surface area contributed by atoms with E-state index in [2.05, 4.69) is 20.9 Å². The van der Waals surface area contributed by atoms with E-state index >= 15 is 0 Å². The summed E-state index contributed by atoms with van der Waals surface area (Å²) >= 11 is 20.7. The Bertz CT molecular complexity index is 2000. The monoisotopic (exact) mass is 787 g/mol. The van der Waals surface area contributed by atoms with Crippen LogP contribution in [0.2, 0.25) is 15.1 Å². The van der Waals surface area contributed by atoms with Crippen molar-refractivity contribution in [2.75, 3.05) is 23.4 Å². The van der Waals surface area contributed by atoms with Gasteiger partial charge in [0.1, 0.15) is 22.9 Å². The predicted molar refractivity (Wildman–Crippen MR) is 195 cm³/mol. The summed E-state index contributed by atoms with van der Waals surface area (Å²) in [7, 11) is 0. The number of carboxylic acid groups (broad SMARTS) is 1. The molecular formula is C34H28Cl3N5O7S2. The number of nitrogens with one attached hydrogen (secondary N) is 3. The van der Waals surface area contributed by atoms with Crippen LogP contribution in [0, 0.1) is 0 Å². The van der Waals surface area contributed by atoms with Crippen molar-refractivity contribution in [3.05, 3.63) is 104 Å². The lowest BCUT2D eigenvalue weighted by Crippen LogP contribution is -2.70. The summed E-state index contributed by atoms with van der Waals surface area (Å²) in [5.41, 5.74) is 1.62. The van der Waals surface area contributed by atoms with E-state index in [0.29, 0.717) is 38.9 Å². The first-order chi connectivity index (χ1) is 24.4. The van der Waals surface area contributed by atoms with Gasteiger partial charge in [0.2, 0.25) is 17.7 Å². The Morgan fingerprint density at radius 3 is 2.39 bits per heavy atom. The molecular weight excluding hydrogens is 761 g/mol. The van der Waals surface area contributed by atoms with Gasteiger partial charge in [0.25, 0.3) is 5.91 Å². The molecule has 1 unspecified atom stereocenters. The molecule has 1 aromatic heterocycles. The normalized spacial score (nSPS) is 19.9. The summed E-state index contributed by atoms with van der Waals surface area (Å²) in [5.74, 6) is -4.13. The Labute approximate surface area is 315 Å². The zero-order valence-electron chi connectivity index (χ0n) is 26.3. The molecule has 0 bridgehead atoms. The summed E-state index contributed by atoms with van der Waals surface area (Å²) in [5, 5.41) is 28.6. The fraction of sp³-hybridized carbons (Fsp3) is 0.235. The molecule has 12 nitrogen and oxygen atoms in total. The average Bonchev–Trinajstić information content (AvgIpc) is 3.53. The van der Waals surface area contributed by atoms with Crippen molar-refractivity contribution in [1.82, 2.24) is 20.5 Å². The molecule has 0 spiro atoms. The second-order valence-electron chi connectivity index (χ2n) is 11.6. The molecule has 51 heavy (non-hydrogen) atoms. The van der Waals surface area contributed by atoms with E-state index in [1.165, 1.54) is 60.6 Å². The van der Waals surface area contributed by atoms with Crippen molar-refractivity contribution in [3.63, 3.8) is 0 Å². The highest BCUT2D eigenvalue weighted by atomic mass is 35.5. The molecule has 2 aromatic carbocycles. The van der Waals surface area contributed by atoms with Crippen LogP contribution in [0.4, 0.5) is 5.69 Å². The number of fused-ring (bicyclic) bond motifs is 1. The van der Waals surface area contributed by atoms with E-state index in [0.717, 1.165) is 16.7 Å². The molecule has 6 rings (SSSR count). The Morgan fingerprint density at radius 2 is 1.73 bits per heavy atom. The number of benzene rings is 2. The Kier molecular flexibility index (Phi) is 11.2. The third-order valence-electron chi connectivity index (χ3n) is 8.40. The fourth-order valence-corrected chi connectivity index (χ4v) is 9.01. The number of hydrogen-bond donors (Lipinski definition) is 5. The van der Waals surface area contributed by atoms with Crippen molar-refractivity contribution < 1.29 is 34.2 Å². The summed E-state index contributed by atoms with van der Waals surface area (Å²) in [6.45, 7) is 0.314. The summed E-state index contributed by atoms with van der Waals surface area (Å²) < 4.78 is 0. The molecule has 2 fully saturated rings. The van der Waals surface area contributed by atoms with E-state index in [1.54, 1.807) is 12.1 Å². The van der Waals surface area contributed by atoms with Crippen LogP contribution >= 0.6 is 58.3 Å². The summed E-state index contributed by atoms with van der Waals surface area (Å²) in [6.07, 6.45) is 3.16. The Morgan fingerprint density at radius 1 is 1.02 bits per heavy atom. The Balaban J connectivity index is 1.30. The zero-order chi connectivity index (χ0) is 36.4. The lowest BCUT2D eigenvalue weighted by molar-refractivity contribution is -0.150. The molecule has 264 valence electrons. The molecule has 17 heteroatoms. The minimum atomic E-state index is -1.39. The van der Waals surface area contributed by atoms with E-state index in [1.807, 2.05) is 0 Å². The number of β-lactam (4-membered cyclic amide) rings is 1. The molecule has 0 radical (unpaired) electrons. The number of aromatic nitrogens is 1. The number of rotatable bonds is 11. The van der Waals surface area contributed by atoms with Gasteiger partial charge in [-0.25, -0.2) is 4.79 Å². The number of allylic oxidation sites excluding steroid dienone is 1. The van der Waals surface area contributed by atoms with Gasteiger partial charge in [-0.3, -0.25) is 29.1 Å². The topological polar surface area (TPSA) is 178 Å². The first kappa shape index (κ1) is 36.6. The van der Waals surface area contributed by atoms with Crippen molar-refractivity contribution in [1.29, 1.82) is 0 Å². The number of phenols is 1. The minimum Gasteiger partial charge on any atom is -0.508 e. The lowest BCUT2D eigenvalue weighted by atomic mass is 9.80. The maximum atomic E-state index is 13.6. The number of thioether (sulfide) groups is 2. The van der Waals surface area contributed by atoms with Crippen LogP contribution in [0.5, 0.6) is 5.75 Å². The number of phenolic OH excluding ortho intramolecular Hbond substituents is 1. The fourth-order valence-electron chi connectivity index (χ4n) is 6.10. The van der Waals surface area contributed by atoms with Crippen molar-refractivity contribution in [2.24, 2.45) is 0 Å². The first-order valence-electron chi connectivity index (χ1n) is 15.4. The molecule has 0 aliphatic carbocycles. The van der Waals surface area contributed by atoms with Gasteiger partial charge in [0.15, 0.2) is 0 Å². The molecule has 3 atom stereocenters. The highest BCUT2D eigenvalue weighted by Gasteiger charge is 2.55. The lowest BCUT2D eigenvalue weighted by Gasteiger charge is -2.50. The summed E-state index contributed by atoms with van der Waals surface area (Å²) in [6, 6.07) is 11.3. The van der Waals surface area contributed by atoms with E-state index in [4.69, 9.17) is 34.8 Å². The van der Waals surface area contributed by atoms with Gasteiger partial charge in [0.05, 0.1) is 20.8 Å². The van der Waals surface area contributed by atoms with Crippen molar-refractivity contribution in [2.45, 2.75) is 35.1 Å². The number of aliphatic carboxylic acids is 1. The quantitative estimate of drug-likeness (QED) is 0.0570. The minimum absolute atomic E-state index is 0.0256. The van der Waals surface area contributed by atoms with Crippen LogP contribution in [0.1, 0.15) is 24.3 Å². The SMILES string of the molecule is O=C(CC(C(=C1CCNC1=O)C1=C(C(=O)O)N2C(=O)[C@@H](NC(=O)CSc3cc(Cl)c(Cl)cc3Cl)[C@H]2SC1)c1ccncc1)Nc1ccc(O)cc1. The van der Waals surface area contributed by atoms with Gasteiger partial charge in [-0.1, -0.05) is 34.8 Å². The number of halogens is 3. The van der Waals surface area contributed by atoms with Gasteiger partial charge in [-0.2, -0.15) is 0 Å². The van der Waals surface area contributed by atoms with Crippen LogP contribution in [-0.4, -0.2) is 79.2 Å². The average molecular weight is 789 g/mol. The van der Waals surface area contributed by atoms with Crippen LogP contribution in [0.3, 0.4) is 0 Å². The van der Waals surface area contributed by atoms with Crippen molar-refractivity contribution >= 4 is 93.6 Å². The van der Waals surface area contributed by atoms with Gasteiger partial charge >= 0.3 is 5.97 Å². The van der Waals surface area contributed by atoms with E-state index in [-0.39, 0.29) is 51.4 Å². The number of amides is 4. The first-order valence-corrected chi connectivity index (χ1v) is 18.6. The third-order valence-corrected chi connectivity index (χ3v) is 11.9. The number of carboxylic acids is 1. The smallest absolute Gasteiger partial charge is 0.352 e. The Hall–Kier alpha value is -4.21. The maximum absolute atomic E-state index is 13.6. The van der Waals surface area contributed by atoms with Gasteiger partial charge < -0.3 is 26.2 Å². The van der Waals surface area contributed by atoms with E-state index < -0.39 is 46.9 Å². The van der Waals surface area contributed by atoms with Crippen LogP contribution < -0.4 is 16.0 Å². The molecule has 3 aliphatic heterocycles. The van der Waals surface area contributed by atoms with E-state index in [9.17, 15) is 34.2 Å². The number of anilines is 1. The standard InChI is InChI=1S/C34H28Cl3N5O7S2/c35-22-12-24(37)25(13-23(22)36)50-15-27(45)41-29-32(47)42-30(34(48)49)21(14-51-33(29)42)28(19-7-10-39-31(19)46)20(16-5-8-38-9-6-16)11-26(44)40-17-1-3-18(43)4-2-17/h1-6,8-9,12-13,20,29,33,43H,7,10-11,14-15H2,(H,39,46)(H,40,44)(H,41,45)(H,48,49)/t20?,29-,33-/m1/s1.